The third-order valence-electron chi connectivity index (χ3n) is 6.10. The summed E-state index contributed by atoms with van der Waals surface area (Å²) in [4.78, 5) is 23.5. The first kappa shape index (κ1) is 23.0. The van der Waals surface area contributed by atoms with Gasteiger partial charge in [-0.05, 0) is 74.6 Å². The molecule has 4 rings (SSSR count). The molecule has 0 radical (unpaired) electrons. The number of amides is 1. The summed E-state index contributed by atoms with van der Waals surface area (Å²) in [5.74, 6) is 0.153. The Bertz CT molecular complexity index is 1160. The van der Waals surface area contributed by atoms with E-state index >= 15 is 0 Å². The topological polar surface area (TPSA) is 92.3 Å². The van der Waals surface area contributed by atoms with Crippen LogP contribution in [0.3, 0.4) is 0 Å². The molecule has 2 aromatic heterocycles. The number of aryl methyl sites for hydroxylation is 1. The highest BCUT2D eigenvalue weighted by Gasteiger charge is 2.32. The molecule has 3 N–H and O–H groups in total. The van der Waals surface area contributed by atoms with E-state index in [9.17, 15) is 23.1 Å². The molecule has 2 atom stereocenters. The number of aliphatic hydroxyl groups excluding tert-OH is 1. The summed E-state index contributed by atoms with van der Waals surface area (Å²) in [6.07, 6.45) is -1.68. The molecule has 1 fully saturated rings. The summed E-state index contributed by atoms with van der Waals surface area (Å²) in [6, 6.07) is 9.01. The fourth-order valence-electron chi connectivity index (χ4n) is 4.24. The molecule has 2 heterocycles. The lowest BCUT2D eigenvalue weighted by atomic mass is 9.91. The number of aliphatic hydroxyl groups is 1. The Kier molecular flexibility index (Phi) is 6.25. The van der Waals surface area contributed by atoms with Crippen molar-refractivity contribution in [2.24, 2.45) is 0 Å². The first-order chi connectivity index (χ1) is 15.6. The smallest absolute Gasteiger partial charge is 0.393 e. The summed E-state index contributed by atoms with van der Waals surface area (Å²) in [6.45, 7) is 1.88. The van der Waals surface area contributed by atoms with E-state index in [1.165, 1.54) is 6.07 Å². The number of nitrogens with two attached hydrogens (primary N) is 1. The minimum Gasteiger partial charge on any atom is -0.393 e. The van der Waals surface area contributed by atoms with E-state index in [-0.39, 0.29) is 18.5 Å². The number of carbonyl (C=O) groups excluding carboxylic acids is 1. The normalized spacial score (nSPS) is 18.9. The molecular weight excluding hydrogens is 433 g/mol. The molecule has 1 aliphatic rings. The minimum atomic E-state index is -4.48. The van der Waals surface area contributed by atoms with Crippen LogP contribution in [0.25, 0.3) is 10.9 Å². The number of alkyl halides is 3. The van der Waals surface area contributed by atoms with E-state index in [4.69, 9.17) is 5.73 Å². The molecule has 6 nitrogen and oxygen atoms in total. The van der Waals surface area contributed by atoms with Gasteiger partial charge in [-0.1, -0.05) is 0 Å². The van der Waals surface area contributed by atoms with Crippen molar-refractivity contribution >= 4 is 22.6 Å². The van der Waals surface area contributed by atoms with Gasteiger partial charge in [-0.25, -0.2) is 4.98 Å². The van der Waals surface area contributed by atoms with Gasteiger partial charge >= 0.3 is 6.18 Å². The maximum Gasteiger partial charge on any atom is 0.417 e. The molecule has 9 heteroatoms. The third-order valence-corrected chi connectivity index (χ3v) is 6.10. The van der Waals surface area contributed by atoms with Crippen molar-refractivity contribution in [1.82, 2.24) is 14.9 Å². The van der Waals surface area contributed by atoms with Crippen molar-refractivity contribution < 1.29 is 23.1 Å². The van der Waals surface area contributed by atoms with Crippen LogP contribution in [0.2, 0.25) is 0 Å². The van der Waals surface area contributed by atoms with Crippen LogP contribution in [-0.2, 0) is 12.7 Å². The molecule has 0 aliphatic heterocycles. The Hall–Kier alpha value is -3.20. The van der Waals surface area contributed by atoms with Crippen LogP contribution in [-0.4, -0.2) is 38.0 Å². The van der Waals surface area contributed by atoms with Gasteiger partial charge in [-0.15, -0.1) is 0 Å². The van der Waals surface area contributed by atoms with Gasteiger partial charge in [0.2, 0.25) is 0 Å². The van der Waals surface area contributed by atoms with E-state index in [1.54, 1.807) is 23.1 Å². The number of rotatable bonds is 4. The SMILES string of the molecule is Cc1cc2cc(C(=O)N(Cc3ccc(C(F)(F)F)cn3)[C@@H]3CCC[C@H](O)C3)ccc2nc1N. The third kappa shape index (κ3) is 5.08. The fraction of sp³-hybridized carbons (Fsp3) is 0.375. The second-order valence-corrected chi connectivity index (χ2v) is 8.54. The zero-order valence-corrected chi connectivity index (χ0v) is 18.1. The van der Waals surface area contributed by atoms with Crippen molar-refractivity contribution in [1.29, 1.82) is 0 Å². The zero-order chi connectivity index (χ0) is 23.8. The van der Waals surface area contributed by atoms with Crippen LogP contribution < -0.4 is 5.73 Å². The average molecular weight is 458 g/mol. The minimum absolute atomic E-state index is 0.0470. The van der Waals surface area contributed by atoms with Gasteiger partial charge in [0, 0.05) is 23.2 Å². The molecule has 3 aromatic rings. The Labute approximate surface area is 189 Å². The predicted molar refractivity (Wildman–Crippen MR) is 118 cm³/mol. The predicted octanol–water partition coefficient (Wildman–Crippen LogP) is 4.49. The Morgan fingerprint density at radius 1 is 1.21 bits per heavy atom. The molecule has 0 saturated heterocycles. The van der Waals surface area contributed by atoms with E-state index in [2.05, 4.69) is 9.97 Å². The van der Waals surface area contributed by atoms with Crippen LogP contribution in [0, 0.1) is 6.92 Å². The van der Waals surface area contributed by atoms with Gasteiger partial charge in [0.05, 0.1) is 29.4 Å². The number of fused-ring (bicyclic) bond motifs is 1. The van der Waals surface area contributed by atoms with E-state index in [1.807, 2.05) is 13.0 Å². The number of nitrogen functional groups attached to an aromatic ring is 1. The van der Waals surface area contributed by atoms with Crippen molar-refractivity contribution in [2.75, 3.05) is 5.73 Å². The molecular formula is C24H25F3N4O2. The van der Waals surface area contributed by atoms with Crippen LogP contribution in [0.5, 0.6) is 0 Å². The first-order valence-electron chi connectivity index (χ1n) is 10.8. The van der Waals surface area contributed by atoms with Crippen LogP contribution >= 0.6 is 0 Å². The molecule has 0 unspecified atom stereocenters. The number of benzene rings is 1. The number of pyridine rings is 2. The quantitative estimate of drug-likeness (QED) is 0.601. The number of halogens is 3. The molecule has 1 amide bonds. The fourth-order valence-corrected chi connectivity index (χ4v) is 4.24. The highest BCUT2D eigenvalue weighted by molar-refractivity contribution is 5.98. The van der Waals surface area contributed by atoms with Crippen LogP contribution in [0.4, 0.5) is 19.0 Å². The highest BCUT2D eigenvalue weighted by atomic mass is 19.4. The summed E-state index contributed by atoms with van der Waals surface area (Å²) < 4.78 is 38.7. The van der Waals surface area contributed by atoms with Crippen molar-refractivity contribution in [3.05, 3.63) is 65.0 Å². The van der Waals surface area contributed by atoms with Gasteiger partial charge in [0.15, 0.2) is 0 Å². The molecule has 0 spiro atoms. The highest BCUT2D eigenvalue weighted by Crippen LogP contribution is 2.30. The monoisotopic (exact) mass is 458 g/mol. The Morgan fingerprint density at radius 2 is 2.00 bits per heavy atom. The molecule has 33 heavy (non-hydrogen) atoms. The molecule has 0 bridgehead atoms. The number of hydrogen-bond donors (Lipinski definition) is 2. The molecule has 1 aromatic carbocycles. The molecule has 174 valence electrons. The number of anilines is 1. The number of aromatic nitrogens is 2. The van der Waals surface area contributed by atoms with Crippen molar-refractivity contribution in [2.45, 2.75) is 57.5 Å². The lowest BCUT2D eigenvalue weighted by Gasteiger charge is -2.36. The maximum atomic E-state index is 13.6. The number of hydrogen-bond acceptors (Lipinski definition) is 5. The maximum absolute atomic E-state index is 13.6. The van der Waals surface area contributed by atoms with Gasteiger partial charge < -0.3 is 15.7 Å². The largest absolute Gasteiger partial charge is 0.417 e. The van der Waals surface area contributed by atoms with Crippen molar-refractivity contribution in [3.63, 3.8) is 0 Å². The van der Waals surface area contributed by atoms with Crippen LogP contribution in [0.15, 0.2) is 42.6 Å². The van der Waals surface area contributed by atoms with E-state index in [0.29, 0.717) is 41.9 Å². The standard InChI is InChI=1S/C24H25F3N4O2/c1-14-9-16-10-15(5-8-21(16)30-22(14)28)23(33)31(19-3-2-4-20(32)11-19)13-18-7-6-17(12-29-18)24(25,26)27/h5-10,12,19-20,32H,2-4,11,13H2,1H3,(H2,28,30)/t19-,20+/m1/s1. The van der Waals surface area contributed by atoms with Gasteiger partial charge in [0.1, 0.15) is 5.82 Å². The zero-order valence-electron chi connectivity index (χ0n) is 18.1. The lowest BCUT2D eigenvalue weighted by molar-refractivity contribution is -0.137. The summed E-state index contributed by atoms with van der Waals surface area (Å²) in [5, 5.41) is 10.9. The number of carbonyl (C=O) groups is 1. The molecule has 1 aliphatic carbocycles. The Morgan fingerprint density at radius 3 is 2.67 bits per heavy atom. The molecule has 1 saturated carbocycles. The van der Waals surface area contributed by atoms with Gasteiger partial charge in [-0.3, -0.25) is 9.78 Å². The average Bonchev–Trinajstić information content (AvgIpc) is 2.77. The van der Waals surface area contributed by atoms with Crippen LogP contribution in [0.1, 0.15) is 52.9 Å². The van der Waals surface area contributed by atoms with E-state index < -0.39 is 17.8 Å². The summed E-state index contributed by atoms with van der Waals surface area (Å²) in [5.41, 5.74) is 7.28. The second kappa shape index (κ2) is 8.97. The number of nitrogens with zero attached hydrogens (tertiary/aromatic N) is 3. The van der Waals surface area contributed by atoms with Crippen molar-refractivity contribution in [3.8, 4) is 0 Å². The Balaban J connectivity index is 1.66. The summed E-state index contributed by atoms with van der Waals surface area (Å²) in [7, 11) is 0. The van der Waals surface area contributed by atoms with Gasteiger partial charge in [0.25, 0.3) is 5.91 Å². The lowest BCUT2D eigenvalue weighted by Crippen LogP contribution is -2.43. The summed E-state index contributed by atoms with van der Waals surface area (Å²) >= 11 is 0. The second-order valence-electron chi connectivity index (χ2n) is 8.54. The van der Waals surface area contributed by atoms with Gasteiger partial charge in [-0.2, -0.15) is 13.2 Å². The first-order valence-corrected chi connectivity index (χ1v) is 10.8. The van der Waals surface area contributed by atoms with E-state index in [0.717, 1.165) is 29.6 Å².